The first-order chi connectivity index (χ1) is 5.49. The lowest BCUT2D eigenvalue weighted by Crippen LogP contribution is -2.36. The fourth-order valence-corrected chi connectivity index (χ4v) is 0.694. The maximum absolute atomic E-state index is 10.5. The highest BCUT2D eigenvalue weighted by Gasteiger charge is 2.15. The third kappa shape index (κ3) is 6.12. The van der Waals surface area contributed by atoms with Gasteiger partial charge in [-0.1, -0.05) is 0 Å². The van der Waals surface area contributed by atoms with Crippen LogP contribution in [-0.4, -0.2) is 37.2 Å². The van der Waals surface area contributed by atoms with Crippen LogP contribution in [-0.2, 0) is 9.63 Å². The Morgan fingerprint density at radius 1 is 1.50 bits per heavy atom. The molecule has 4 heteroatoms. The van der Waals surface area contributed by atoms with Gasteiger partial charge in [-0.2, -0.15) is 0 Å². The largest absolute Gasteiger partial charge is 0.318 e. The van der Waals surface area contributed by atoms with Crippen LogP contribution >= 0.6 is 0 Å². The van der Waals surface area contributed by atoms with Gasteiger partial charge in [-0.25, -0.2) is 5.06 Å². The van der Waals surface area contributed by atoms with Crippen LogP contribution in [0.3, 0.4) is 0 Å². The van der Waals surface area contributed by atoms with Crippen molar-refractivity contribution in [3.05, 3.63) is 0 Å². The lowest BCUT2D eigenvalue weighted by Gasteiger charge is -2.26. The molecule has 0 spiro atoms. The molecule has 0 atom stereocenters. The van der Waals surface area contributed by atoms with E-state index in [4.69, 9.17) is 4.84 Å². The van der Waals surface area contributed by atoms with Crippen LogP contribution in [0.2, 0.25) is 0 Å². The normalized spacial score (nSPS) is 11.3. The minimum atomic E-state index is -0.311. The molecule has 1 amide bonds. The van der Waals surface area contributed by atoms with Crippen LogP contribution in [0.25, 0.3) is 0 Å². The number of hydrogen-bond donors (Lipinski definition) is 1. The number of carbonyl (C=O) groups is 1. The Morgan fingerprint density at radius 2 is 2.08 bits per heavy atom. The minimum absolute atomic E-state index is 0.311. The molecular formula is C8H18N2O2. The second-order valence-electron chi connectivity index (χ2n) is 3.55. The van der Waals surface area contributed by atoms with Crippen molar-refractivity contribution in [2.45, 2.75) is 26.4 Å². The zero-order valence-electron chi connectivity index (χ0n) is 8.26. The van der Waals surface area contributed by atoms with Crippen molar-refractivity contribution < 1.29 is 9.63 Å². The number of rotatable bonds is 5. The molecule has 0 bridgehead atoms. The first-order valence-electron chi connectivity index (χ1n) is 4.05. The molecule has 0 aliphatic rings. The summed E-state index contributed by atoms with van der Waals surface area (Å²) in [6, 6.07) is 0. The molecule has 0 unspecified atom stereocenters. The topological polar surface area (TPSA) is 41.6 Å². The molecule has 0 aromatic heterocycles. The van der Waals surface area contributed by atoms with E-state index in [-0.39, 0.29) is 5.60 Å². The van der Waals surface area contributed by atoms with E-state index in [1.807, 2.05) is 27.8 Å². The predicted molar refractivity (Wildman–Crippen MR) is 47.5 cm³/mol. The van der Waals surface area contributed by atoms with E-state index in [2.05, 4.69) is 5.32 Å². The fraction of sp³-hybridized carbons (Fsp3) is 0.875. The molecule has 0 heterocycles. The Balaban J connectivity index is 3.75. The third-order valence-corrected chi connectivity index (χ3v) is 1.09. The smallest absolute Gasteiger partial charge is 0.233 e. The van der Waals surface area contributed by atoms with Gasteiger partial charge in [0.25, 0.3) is 0 Å². The van der Waals surface area contributed by atoms with Crippen LogP contribution < -0.4 is 5.32 Å². The van der Waals surface area contributed by atoms with Gasteiger partial charge in [-0.15, -0.1) is 0 Å². The van der Waals surface area contributed by atoms with Gasteiger partial charge in [-0.05, 0) is 27.8 Å². The highest BCUT2D eigenvalue weighted by Crippen LogP contribution is 2.08. The van der Waals surface area contributed by atoms with Crippen molar-refractivity contribution in [3.63, 3.8) is 0 Å². The Kier molecular flexibility index (Phi) is 4.85. The minimum Gasteiger partial charge on any atom is -0.318 e. The SMILES string of the molecule is CNCCN(C=O)OC(C)(C)C. The van der Waals surface area contributed by atoms with Crippen molar-refractivity contribution >= 4 is 6.41 Å². The average molecular weight is 174 g/mol. The van der Waals surface area contributed by atoms with Gasteiger partial charge < -0.3 is 5.32 Å². The van der Waals surface area contributed by atoms with E-state index in [9.17, 15) is 4.79 Å². The molecule has 0 saturated carbocycles. The first kappa shape index (κ1) is 11.4. The summed E-state index contributed by atoms with van der Waals surface area (Å²) in [5.41, 5.74) is -0.311. The first-order valence-corrected chi connectivity index (χ1v) is 4.05. The molecule has 0 aliphatic heterocycles. The van der Waals surface area contributed by atoms with Gasteiger partial charge in [0.2, 0.25) is 6.41 Å². The monoisotopic (exact) mass is 174 g/mol. The summed E-state index contributed by atoms with van der Waals surface area (Å²) >= 11 is 0. The van der Waals surface area contributed by atoms with Gasteiger partial charge in [0.1, 0.15) is 0 Å². The molecule has 0 radical (unpaired) electrons. The maximum atomic E-state index is 10.5. The molecule has 72 valence electrons. The van der Waals surface area contributed by atoms with Gasteiger partial charge in [-0.3, -0.25) is 9.63 Å². The van der Waals surface area contributed by atoms with Crippen LogP contribution in [0.15, 0.2) is 0 Å². The summed E-state index contributed by atoms with van der Waals surface area (Å²) in [6.07, 6.45) is 0.697. The standard InChI is InChI=1S/C8H18N2O2/c1-8(2,3)12-10(7-11)6-5-9-4/h7,9H,5-6H2,1-4H3. The fourth-order valence-electron chi connectivity index (χ4n) is 0.694. The molecule has 0 rings (SSSR count). The van der Waals surface area contributed by atoms with Gasteiger partial charge in [0.05, 0.1) is 12.1 Å². The molecule has 0 aromatic rings. The Hall–Kier alpha value is -0.610. The molecule has 4 nitrogen and oxygen atoms in total. The van der Waals surface area contributed by atoms with Crippen LogP contribution in [0.1, 0.15) is 20.8 Å². The molecule has 0 saturated heterocycles. The zero-order chi connectivity index (χ0) is 9.61. The zero-order valence-corrected chi connectivity index (χ0v) is 8.26. The number of likely N-dealkylation sites (N-methyl/N-ethyl adjacent to an activating group) is 1. The van der Waals surface area contributed by atoms with E-state index in [0.717, 1.165) is 6.54 Å². The van der Waals surface area contributed by atoms with E-state index >= 15 is 0 Å². The quantitative estimate of drug-likeness (QED) is 0.484. The number of hydroxylamine groups is 2. The van der Waals surface area contributed by atoms with Crippen LogP contribution in [0.4, 0.5) is 0 Å². The number of nitrogens with one attached hydrogen (secondary N) is 1. The number of carbonyl (C=O) groups excluding carboxylic acids is 1. The van der Waals surface area contributed by atoms with Gasteiger partial charge in [0.15, 0.2) is 0 Å². The molecule has 0 aromatic carbocycles. The average Bonchev–Trinajstić information content (AvgIpc) is 1.95. The summed E-state index contributed by atoms with van der Waals surface area (Å²) in [7, 11) is 1.83. The van der Waals surface area contributed by atoms with Gasteiger partial charge >= 0.3 is 0 Å². The lowest BCUT2D eigenvalue weighted by atomic mass is 10.2. The summed E-state index contributed by atoms with van der Waals surface area (Å²) in [5, 5.41) is 4.24. The lowest BCUT2D eigenvalue weighted by molar-refractivity contribution is -0.215. The molecule has 0 fully saturated rings. The highest BCUT2D eigenvalue weighted by molar-refractivity contribution is 5.45. The number of amides is 1. The number of nitrogens with zero attached hydrogens (tertiary/aromatic N) is 1. The second kappa shape index (κ2) is 5.11. The van der Waals surface area contributed by atoms with E-state index in [1.54, 1.807) is 0 Å². The molecule has 1 N–H and O–H groups in total. The van der Waals surface area contributed by atoms with Crippen LogP contribution in [0.5, 0.6) is 0 Å². The van der Waals surface area contributed by atoms with Crippen molar-refractivity contribution in [2.24, 2.45) is 0 Å². The number of hydrogen-bond acceptors (Lipinski definition) is 3. The van der Waals surface area contributed by atoms with E-state index in [1.165, 1.54) is 5.06 Å². The summed E-state index contributed by atoms with van der Waals surface area (Å²) < 4.78 is 0. The van der Waals surface area contributed by atoms with Crippen molar-refractivity contribution in [2.75, 3.05) is 20.1 Å². The maximum Gasteiger partial charge on any atom is 0.233 e. The van der Waals surface area contributed by atoms with E-state index < -0.39 is 0 Å². The molecule has 0 aliphatic carbocycles. The molecule has 12 heavy (non-hydrogen) atoms. The van der Waals surface area contributed by atoms with Crippen molar-refractivity contribution in [3.8, 4) is 0 Å². The second-order valence-corrected chi connectivity index (χ2v) is 3.55. The summed E-state index contributed by atoms with van der Waals surface area (Å²) in [6.45, 7) is 7.01. The predicted octanol–water partition coefficient (Wildman–Crippen LogP) is 0.394. The Bertz CT molecular complexity index is 132. The highest BCUT2D eigenvalue weighted by atomic mass is 16.7. The summed E-state index contributed by atoms with van der Waals surface area (Å²) in [5.74, 6) is 0. The molecular weight excluding hydrogens is 156 g/mol. The van der Waals surface area contributed by atoms with Crippen molar-refractivity contribution in [1.29, 1.82) is 0 Å². The van der Waals surface area contributed by atoms with E-state index in [0.29, 0.717) is 13.0 Å². The Morgan fingerprint density at radius 3 is 2.42 bits per heavy atom. The van der Waals surface area contributed by atoms with Crippen molar-refractivity contribution in [1.82, 2.24) is 10.4 Å². The van der Waals surface area contributed by atoms with Crippen LogP contribution in [0, 0.1) is 0 Å². The summed E-state index contributed by atoms with van der Waals surface area (Å²) in [4.78, 5) is 15.8. The van der Waals surface area contributed by atoms with Gasteiger partial charge in [0, 0.05) is 6.54 Å². The third-order valence-electron chi connectivity index (χ3n) is 1.09. The Labute approximate surface area is 73.8 Å².